The lowest BCUT2D eigenvalue weighted by Crippen LogP contribution is -2.05. The van der Waals surface area contributed by atoms with Crippen LogP contribution in [0.4, 0.5) is 13.2 Å². The topological polar surface area (TPSA) is 27.1 Å². The first-order chi connectivity index (χ1) is 10.8. The van der Waals surface area contributed by atoms with Crippen LogP contribution in [0.5, 0.6) is 5.75 Å². The molecule has 0 unspecified atom stereocenters. The third kappa shape index (κ3) is 2.54. The molecule has 0 radical (unpaired) electrons. The van der Waals surface area contributed by atoms with E-state index in [-0.39, 0.29) is 5.52 Å². The van der Waals surface area contributed by atoms with Gasteiger partial charge in [-0.25, -0.2) is 4.98 Å². The molecule has 0 atom stereocenters. The smallest absolute Gasteiger partial charge is 0.418 e. The lowest BCUT2D eigenvalue weighted by atomic mass is 10.1. The lowest BCUT2D eigenvalue weighted by molar-refractivity contribution is -0.136. The minimum Gasteiger partial charge on any atom is -0.497 e. The molecule has 0 aliphatic rings. The zero-order chi connectivity index (χ0) is 16.8. The zero-order valence-corrected chi connectivity index (χ0v) is 12.9. The molecule has 6 heteroatoms. The normalized spacial score (nSPS) is 11.9. The molecule has 0 saturated heterocycles. The number of para-hydroxylation sites is 1. The number of ether oxygens (including phenoxy) is 1. The monoisotopic (exact) mass is 320 g/mol. The van der Waals surface area contributed by atoms with Crippen LogP contribution in [0.25, 0.3) is 16.7 Å². The summed E-state index contributed by atoms with van der Waals surface area (Å²) in [7, 11) is 1.57. The maximum atomic E-state index is 13.2. The van der Waals surface area contributed by atoms with Crippen molar-refractivity contribution >= 4 is 11.0 Å². The fraction of sp³-hybridized carbons (Fsp3) is 0.235. The molecule has 0 amide bonds. The Morgan fingerprint density at radius 2 is 1.83 bits per heavy atom. The molecular weight excluding hydrogens is 305 g/mol. The summed E-state index contributed by atoms with van der Waals surface area (Å²) in [6, 6.07) is 9.55. The molecule has 3 aromatic rings. The van der Waals surface area contributed by atoms with Crippen LogP contribution in [0.15, 0.2) is 36.4 Å². The minimum atomic E-state index is -4.43. The van der Waals surface area contributed by atoms with Gasteiger partial charge in [-0.05, 0) is 49.7 Å². The van der Waals surface area contributed by atoms with Crippen molar-refractivity contribution in [2.75, 3.05) is 7.11 Å². The summed E-state index contributed by atoms with van der Waals surface area (Å²) in [6.07, 6.45) is -4.43. The highest BCUT2D eigenvalue weighted by Crippen LogP contribution is 2.36. The van der Waals surface area contributed by atoms with E-state index in [1.54, 1.807) is 30.7 Å². The van der Waals surface area contributed by atoms with E-state index in [0.29, 0.717) is 17.1 Å². The van der Waals surface area contributed by atoms with Crippen molar-refractivity contribution in [1.29, 1.82) is 0 Å². The molecule has 120 valence electrons. The molecule has 2 aromatic carbocycles. The Morgan fingerprint density at radius 3 is 2.43 bits per heavy atom. The Labute approximate surface area is 131 Å². The molecule has 0 aliphatic heterocycles. The average molecular weight is 320 g/mol. The number of rotatable bonds is 2. The molecule has 0 spiro atoms. The van der Waals surface area contributed by atoms with Crippen molar-refractivity contribution in [3.05, 3.63) is 53.3 Å². The maximum absolute atomic E-state index is 13.2. The lowest BCUT2D eigenvalue weighted by Gasteiger charge is -2.12. The quantitative estimate of drug-likeness (QED) is 0.686. The highest BCUT2D eigenvalue weighted by atomic mass is 19.4. The van der Waals surface area contributed by atoms with Crippen LogP contribution in [0.3, 0.4) is 0 Å². The van der Waals surface area contributed by atoms with Crippen LogP contribution in [0.1, 0.15) is 17.0 Å². The summed E-state index contributed by atoms with van der Waals surface area (Å²) in [4.78, 5) is 4.15. The van der Waals surface area contributed by atoms with Crippen LogP contribution in [0.2, 0.25) is 0 Å². The first kappa shape index (κ1) is 15.4. The van der Waals surface area contributed by atoms with E-state index in [1.165, 1.54) is 6.07 Å². The predicted octanol–water partition coefficient (Wildman–Crippen LogP) is 4.67. The number of aromatic nitrogens is 2. The van der Waals surface area contributed by atoms with Crippen molar-refractivity contribution in [3.8, 4) is 11.4 Å². The molecule has 0 aliphatic carbocycles. The Hall–Kier alpha value is -2.50. The second kappa shape index (κ2) is 5.30. The van der Waals surface area contributed by atoms with Gasteiger partial charge < -0.3 is 4.74 Å². The number of alkyl halides is 3. The SMILES string of the molecule is COc1ccc(-n2c(C)nc3c(C(F)(F)F)cccc32)c(C)c1. The van der Waals surface area contributed by atoms with Gasteiger partial charge in [0.05, 0.1) is 23.9 Å². The van der Waals surface area contributed by atoms with E-state index < -0.39 is 11.7 Å². The number of benzene rings is 2. The maximum Gasteiger partial charge on any atom is 0.418 e. The second-order valence-corrected chi connectivity index (χ2v) is 5.32. The number of imidazole rings is 1. The second-order valence-electron chi connectivity index (χ2n) is 5.32. The first-order valence-electron chi connectivity index (χ1n) is 7.03. The van der Waals surface area contributed by atoms with E-state index in [0.717, 1.165) is 17.3 Å². The van der Waals surface area contributed by atoms with Crippen LogP contribution < -0.4 is 4.74 Å². The van der Waals surface area contributed by atoms with Gasteiger partial charge in [-0.2, -0.15) is 13.2 Å². The van der Waals surface area contributed by atoms with Crippen LogP contribution in [-0.4, -0.2) is 16.7 Å². The van der Waals surface area contributed by atoms with E-state index >= 15 is 0 Å². The van der Waals surface area contributed by atoms with Crippen LogP contribution in [0, 0.1) is 13.8 Å². The molecule has 1 heterocycles. The summed E-state index contributed by atoms with van der Waals surface area (Å²) in [5.41, 5.74) is 1.36. The van der Waals surface area contributed by atoms with Crippen molar-refractivity contribution in [2.45, 2.75) is 20.0 Å². The van der Waals surface area contributed by atoms with Crippen LogP contribution >= 0.6 is 0 Å². The number of aryl methyl sites for hydroxylation is 2. The number of hydrogen-bond donors (Lipinski definition) is 0. The molecule has 0 saturated carbocycles. The van der Waals surface area contributed by atoms with Crippen molar-refractivity contribution in [1.82, 2.24) is 9.55 Å². The fourth-order valence-corrected chi connectivity index (χ4v) is 2.75. The van der Waals surface area contributed by atoms with Gasteiger partial charge in [-0.1, -0.05) is 6.07 Å². The third-order valence-electron chi connectivity index (χ3n) is 3.80. The first-order valence-corrected chi connectivity index (χ1v) is 7.03. The highest BCUT2D eigenvalue weighted by molar-refractivity contribution is 5.82. The van der Waals surface area contributed by atoms with Gasteiger partial charge in [0, 0.05) is 0 Å². The average Bonchev–Trinajstić information content (AvgIpc) is 2.81. The van der Waals surface area contributed by atoms with Gasteiger partial charge in [-0.15, -0.1) is 0 Å². The van der Waals surface area contributed by atoms with Crippen molar-refractivity contribution < 1.29 is 17.9 Å². The molecule has 0 N–H and O–H groups in total. The van der Waals surface area contributed by atoms with Gasteiger partial charge in [0.1, 0.15) is 17.1 Å². The number of fused-ring (bicyclic) bond motifs is 1. The molecule has 3 rings (SSSR count). The molecular formula is C17H15F3N2O. The summed E-state index contributed by atoms with van der Waals surface area (Å²) >= 11 is 0. The predicted molar refractivity (Wildman–Crippen MR) is 82.1 cm³/mol. The zero-order valence-electron chi connectivity index (χ0n) is 12.9. The largest absolute Gasteiger partial charge is 0.497 e. The third-order valence-corrected chi connectivity index (χ3v) is 3.80. The van der Waals surface area contributed by atoms with Gasteiger partial charge in [0.2, 0.25) is 0 Å². The van der Waals surface area contributed by atoms with E-state index in [1.807, 2.05) is 19.1 Å². The van der Waals surface area contributed by atoms with Crippen molar-refractivity contribution in [3.63, 3.8) is 0 Å². The number of halogens is 3. The van der Waals surface area contributed by atoms with E-state index in [2.05, 4.69) is 4.98 Å². The Balaban J connectivity index is 2.29. The molecule has 1 aromatic heterocycles. The van der Waals surface area contributed by atoms with E-state index in [4.69, 9.17) is 4.74 Å². The number of hydrogen-bond acceptors (Lipinski definition) is 2. The van der Waals surface area contributed by atoms with E-state index in [9.17, 15) is 13.2 Å². The highest BCUT2D eigenvalue weighted by Gasteiger charge is 2.34. The minimum absolute atomic E-state index is 0.0345. The standard InChI is InChI=1S/C17H15F3N2O/c1-10-9-12(23-3)7-8-14(10)22-11(2)21-16-13(17(18,19)20)5-4-6-15(16)22/h4-9H,1-3H3. The van der Waals surface area contributed by atoms with Crippen molar-refractivity contribution in [2.24, 2.45) is 0 Å². The molecule has 23 heavy (non-hydrogen) atoms. The number of nitrogens with zero attached hydrogens (tertiary/aromatic N) is 2. The summed E-state index contributed by atoms with van der Waals surface area (Å²) in [5.74, 6) is 1.20. The Morgan fingerprint density at radius 1 is 1.09 bits per heavy atom. The number of methoxy groups -OCH3 is 1. The molecule has 0 fully saturated rings. The summed E-state index contributed by atoms with van der Waals surface area (Å²) < 4.78 is 46.4. The van der Waals surface area contributed by atoms with Crippen LogP contribution in [-0.2, 0) is 6.18 Å². The van der Waals surface area contributed by atoms with Gasteiger partial charge in [0.25, 0.3) is 0 Å². The summed E-state index contributed by atoms with van der Waals surface area (Å²) in [5, 5.41) is 0. The Kier molecular flexibility index (Phi) is 3.55. The fourth-order valence-electron chi connectivity index (χ4n) is 2.75. The molecule has 0 bridgehead atoms. The van der Waals surface area contributed by atoms with Gasteiger partial charge in [0.15, 0.2) is 0 Å². The Bertz CT molecular complexity index is 881. The van der Waals surface area contributed by atoms with Gasteiger partial charge >= 0.3 is 6.18 Å². The summed E-state index contributed by atoms with van der Waals surface area (Å²) in [6.45, 7) is 3.58. The van der Waals surface area contributed by atoms with Gasteiger partial charge in [-0.3, -0.25) is 4.57 Å². The molecule has 3 nitrogen and oxygen atoms in total.